The van der Waals surface area contributed by atoms with Gasteiger partial charge < -0.3 is 14.4 Å². The van der Waals surface area contributed by atoms with Crippen LogP contribution in [0.15, 0.2) is 0 Å². The van der Waals surface area contributed by atoms with Crippen molar-refractivity contribution in [3.05, 3.63) is 0 Å². The third-order valence-electron chi connectivity index (χ3n) is 2.28. The largest absolute Gasteiger partial charge is 0.468 e. The minimum atomic E-state index is -0.401. The minimum absolute atomic E-state index is 0.000772. The Morgan fingerprint density at radius 1 is 1.24 bits per heavy atom. The van der Waals surface area contributed by atoms with Crippen LogP contribution in [0.2, 0.25) is 0 Å². The first-order valence-corrected chi connectivity index (χ1v) is 5.96. The number of amides is 1. The second-order valence-corrected chi connectivity index (χ2v) is 4.05. The Balaban J connectivity index is 4.11. The zero-order valence-electron chi connectivity index (χ0n) is 11.2. The van der Waals surface area contributed by atoms with E-state index in [-0.39, 0.29) is 18.5 Å². The summed E-state index contributed by atoms with van der Waals surface area (Å²) >= 11 is 0. The second-order valence-electron chi connectivity index (χ2n) is 4.05. The van der Waals surface area contributed by atoms with Crippen molar-refractivity contribution in [2.45, 2.75) is 39.7 Å². The van der Waals surface area contributed by atoms with Crippen LogP contribution in [0.4, 0.5) is 0 Å². The highest BCUT2D eigenvalue weighted by molar-refractivity contribution is 5.82. The van der Waals surface area contributed by atoms with Crippen LogP contribution in [-0.2, 0) is 19.1 Å². The molecule has 0 unspecified atom stereocenters. The minimum Gasteiger partial charge on any atom is -0.468 e. The number of carbonyl (C=O) groups excluding carboxylic acids is 2. The fraction of sp³-hybridized carbons (Fsp3) is 0.833. The Kier molecular flexibility index (Phi) is 8.40. The normalized spacial score (nSPS) is 10.4. The van der Waals surface area contributed by atoms with Crippen molar-refractivity contribution in [2.75, 3.05) is 26.9 Å². The van der Waals surface area contributed by atoms with Crippen LogP contribution in [-0.4, -0.2) is 49.7 Å². The average molecular weight is 245 g/mol. The van der Waals surface area contributed by atoms with Gasteiger partial charge in [0.25, 0.3) is 0 Å². The van der Waals surface area contributed by atoms with Gasteiger partial charge in [-0.05, 0) is 20.3 Å². The molecule has 0 aromatic heterocycles. The molecule has 0 aliphatic carbocycles. The van der Waals surface area contributed by atoms with Crippen molar-refractivity contribution in [3.63, 3.8) is 0 Å². The molecule has 5 heteroatoms. The zero-order chi connectivity index (χ0) is 13.3. The van der Waals surface area contributed by atoms with Crippen molar-refractivity contribution < 1.29 is 19.1 Å². The predicted molar refractivity (Wildman–Crippen MR) is 64.6 cm³/mol. The molecule has 17 heavy (non-hydrogen) atoms. The summed E-state index contributed by atoms with van der Waals surface area (Å²) in [7, 11) is 1.32. The summed E-state index contributed by atoms with van der Waals surface area (Å²) in [5.74, 6) is -0.483. The van der Waals surface area contributed by atoms with Gasteiger partial charge in [0.05, 0.1) is 20.1 Å². The standard InChI is InChI=1S/C12H23NO4/c1-5-7-17-8-6-11(14)13(10(2)3)9-12(15)16-4/h10H,5-9H2,1-4H3. The van der Waals surface area contributed by atoms with Gasteiger partial charge in [-0.3, -0.25) is 9.59 Å². The molecule has 0 atom stereocenters. The second kappa shape index (κ2) is 8.98. The van der Waals surface area contributed by atoms with E-state index in [1.165, 1.54) is 12.0 Å². The molecular formula is C12H23NO4. The number of rotatable bonds is 8. The van der Waals surface area contributed by atoms with E-state index in [1.807, 2.05) is 20.8 Å². The van der Waals surface area contributed by atoms with E-state index in [0.29, 0.717) is 19.6 Å². The lowest BCUT2D eigenvalue weighted by molar-refractivity contribution is -0.148. The summed E-state index contributed by atoms with van der Waals surface area (Å²) in [5, 5.41) is 0. The molecule has 1 amide bonds. The molecule has 0 fully saturated rings. The Morgan fingerprint density at radius 2 is 1.88 bits per heavy atom. The predicted octanol–water partition coefficient (Wildman–Crippen LogP) is 1.21. The van der Waals surface area contributed by atoms with Gasteiger partial charge >= 0.3 is 5.97 Å². The van der Waals surface area contributed by atoms with Crippen LogP contribution in [0.1, 0.15) is 33.6 Å². The van der Waals surface area contributed by atoms with Gasteiger partial charge in [-0.1, -0.05) is 6.92 Å². The molecule has 0 aliphatic rings. The molecule has 0 bridgehead atoms. The Bertz CT molecular complexity index is 241. The molecule has 100 valence electrons. The molecule has 0 aliphatic heterocycles. The van der Waals surface area contributed by atoms with Crippen molar-refractivity contribution in [1.82, 2.24) is 4.90 Å². The topological polar surface area (TPSA) is 55.8 Å². The highest BCUT2D eigenvalue weighted by Crippen LogP contribution is 2.02. The molecule has 0 N–H and O–H groups in total. The summed E-state index contributed by atoms with van der Waals surface area (Å²) in [4.78, 5) is 24.5. The molecule has 0 radical (unpaired) electrons. The lowest BCUT2D eigenvalue weighted by Gasteiger charge is -2.25. The molecule has 5 nitrogen and oxygen atoms in total. The summed E-state index contributed by atoms with van der Waals surface area (Å²) in [6.07, 6.45) is 1.24. The molecule has 0 rings (SSSR count). The molecular weight excluding hydrogens is 222 g/mol. The van der Waals surface area contributed by atoms with E-state index in [4.69, 9.17) is 4.74 Å². The van der Waals surface area contributed by atoms with Gasteiger partial charge in [-0.2, -0.15) is 0 Å². The summed E-state index contributed by atoms with van der Waals surface area (Å²) < 4.78 is 9.81. The maximum atomic E-state index is 11.8. The number of carbonyl (C=O) groups is 2. The lowest BCUT2D eigenvalue weighted by Crippen LogP contribution is -2.41. The van der Waals surface area contributed by atoms with Crippen LogP contribution in [0.25, 0.3) is 0 Å². The molecule has 0 aromatic carbocycles. The average Bonchev–Trinajstić information content (AvgIpc) is 2.30. The fourth-order valence-corrected chi connectivity index (χ4v) is 1.31. The summed E-state index contributed by atoms with van der Waals surface area (Å²) in [6, 6.07) is -0.0206. The summed E-state index contributed by atoms with van der Waals surface area (Å²) in [6.45, 7) is 6.81. The van der Waals surface area contributed by atoms with Gasteiger partial charge in [-0.25, -0.2) is 0 Å². The number of ether oxygens (including phenoxy) is 2. The van der Waals surface area contributed by atoms with E-state index in [9.17, 15) is 9.59 Å². The van der Waals surface area contributed by atoms with Crippen molar-refractivity contribution in [3.8, 4) is 0 Å². The highest BCUT2D eigenvalue weighted by atomic mass is 16.5. The maximum absolute atomic E-state index is 11.8. The SMILES string of the molecule is CCCOCCC(=O)N(CC(=O)OC)C(C)C. The van der Waals surface area contributed by atoms with Gasteiger partial charge in [0.1, 0.15) is 6.54 Å². The van der Waals surface area contributed by atoms with Gasteiger partial charge in [-0.15, -0.1) is 0 Å². The van der Waals surface area contributed by atoms with E-state index >= 15 is 0 Å². The van der Waals surface area contributed by atoms with E-state index in [2.05, 4.69) is 4.74 Å². The molecule has 0 heterocycles. The zero-order valence-corrected chi connectivity index (χ0v) is 11.2. The van der Waals surface area contributed by atoms with Crippen LogP contribution >= 0.6 is 0 Å². The van der Waals surface area contributed by atoms with Crippen molar-refractivity contribution in [1.29, 1.82) is 0 Å². The number of hydrogen-bond acceptors (Lipinski definition) is 4. The fourth-order valence-electron chi connectivity index (χ4n) is 1.31. The smallest absolute Gasteiger partial charge is 0.325 e. The Hall–Kier alpha value is -1.10. The lowest BCUT2D eigenvalue weighted by atomic mass is 10.2. The van der Waals surface area contributed by atoms with Crippen LogP contribution in [0.3, 0.4) is 0 Å². The number of hydrogen-bond donors (Lipinski definition) is 0. The Morgan fingerprint density at radius 3 is 2.35 bits per heavy atom. The van der Waals surface area contributed by atoms with Crippen molar-refractivity contribution in [2.24, 2.45) is 0 Å². The quantitative estimate of drug-likeness (QED) is 0.476. The van der Waals surface area contributed by atoms with Gasteiger partial charge in [0, 0.05) is 12.6 Å². The van der Waals surface area contributed by atoms with E-state index in [1.54, 1.807) is 0 Å². The molecule has 0 spiro atoms. The summed E-state index contributed by atoms with van der Waals surface area (Å²) in [5.41, 5.74) is 0. The van der Waals surface area contributed by atoms with Gasteiger partial charge in [0.15, 0.2) is 0 Å². The highest BCUT2D eigenvalue weighted by Gasteiger charge is 2.19. The molecule has 0 saturated heterocycles. The first-order valence-electron chi connectivity index (χ1n) is 5.96. The van der Waals surface area contributed by atoms with Gasteiger partial charge in [0.2, 0.25) is 5.91 Å². The van der Waals surface area contributed by atoms with E-state index < -0.39 is 5.97 Å². The van der Waals surface area contributed by atoms with Crippen LogP contribution in [0.5, 0.6) is 0 Å². The van der Waals surface area contributed by atoms with Crippen molar-refractivity contribution >= 4 is 11.9 Å². The van der Waals surface area contributed by atoms with Crippen LogP contribution < -0.4 is 0 Å². The third-order valence-corrected chi connectivity index (χ3v) is 2.28. The number of esters is 1. The number of nitrogens with zero attached hydrogens (tertiary/aromatic N) is 1. The van der Waals surface area contributed by atoms with E-state index in [0.717, 1.165) is 6.42 Å². The monoisotopic (exact) mass is 245 g/mol. The Labute approximate surface area is 103 Å². The maximum Gasteiger partial charge on any atom is 0.325 e. The molecule has 0 saturated carbocycles. The number of methoxy groups -OCH3 is 1. The van der Waals surface area contributed by atoms with Crippen LogP contribution in [0, 0.1) is 0 Å². The first-order chi connectivity index (χ1) is 8.02. The third kappa shape index (κ3) is 6.94. The molecule has 0 aromatic rings. The first kappa shape index (κ1) is 15.9.